The predicted molar refractivity (Wildman–Crippen MR) is 103 cm³/mol. The molecular formula is C20H21N3O4. The van der Waals surface area contributed by atoms with Crippen LogP contribution >= 0.6 is 0 Å². The second-order valence-electron chi connectivity index (χ2n) is 5.50. The van der Waals surface area contributed by atoms with Crippen LogP contribution in [0, 0.1) is 0 Å². The highest BCUT2D eigenvalue weighted by Crippen LogP contribution is 2.18. The standard InChI is InChI=1S/C20H21N3O4/c1-3-18(24)21-16-11-8-15(9-12-16)20(26)23-22-19(25)13-10-14-6-4-5-7-17(14)27-2/h4-13H,3H2,1-2H3,(H,21,24)(H,22,25)(H,23,26)/b13-10+. The van der Waals surface area contributed by atoms with Gasteiger partial charge in [-0.1, -0.05) is 25.1 Å². The van der Waals surface area contributed by atoms with Gasteiger partial charge in [0.1, 0.15) is 5.75 Å². The van der Waals surface area contributed by atoms with Crippen molar-refractivity contribution >= 4 is 29.5 Å². The number of rotatable bonds is 6. The first-order chi connectivity index (χ1) is 13.0. The Morgan fingerprint density at radius 1 is 1.00 bits per heavy atom. The fourth-order valence-electron chi connectivity index (χ4n) is 2.16. The first-order valence-electron chi connectivity index (χ1n) is 8.34. The maximum absolute atomic E-state index is 12.1. The Balaban J connectivity index is 1.88. The summed E-state index contributed by atoms with van der Waals surface area (Å²) in [5.41, 5.74) is 6.32. The number of carbonyl (C=O) groups excluding carboxylic acids is 3. The average molecular weight is 367 g/mol. The van der Waals surface area contributed by atoms with E-state index < -0.39 is 11.8 Å². The van der Waals surface area contributed by atoms with Gasteiger partial charge in [-0.3, -0.25) is 25.2 Å². The van der Waals surface area contributed by atoms with Crippen molar-refractivity contribution in [1.29, 1.82) is 0 Å². The fourth-order valence-corrected chi connectivity index (χ4v) is 2.16. The zero-order valence-corrected chi connectivity index (χ0v) is 15.1. The molecule has 2 rings (SSSR count). The maximum Gasteiger partial charge on any atom is 0.269 e. The smallest absolute Gasteiger partial charge is 0.269 e. The number of nitrogens with one attached hydrogen (secondary N) is 3. The maximum atomic E-state index is 12.1. The minimum absolute atomic E-state index is 0.110. The summed E-state index contributed by atoms with van der Waals surface area (Å²) in [6, 6.07) is 13.6. The van der Waals surface area contributed by atoms with Gasteiger partial charge in [-0.25, -0.2) is 0 Å². The second-order valence-corrected chi connectivity index (χ2v) is 5.50. The van der Waals surface area contributed by atoms with Gasteiger partial charge in [0, 0.05) is 29.3 Å². The van der Waals surface area contributed by atoms with E-state index in [9.17, 15) is 14.4 Å². The summed E-state index contributed by atoms with van der Waals surface area (Å²) in [4.78, 5) is 35.2. The highest BCUT2D eigenvalue weighted by molar-refractivity contribution is 5.98. The van der Waals surface area contributed by atoms with Gasteiger partial charge in [0.25, 0.3) is 11.8 Å². The lowest BCUT2D eigenvalue weighted by Crippen LogP contribution is -2.40. The molecule has 0 saturated heterocycles. The minimum atomic E-state index is -0.485. The number of carbonyl (C=O) groups is 3. The van der Waals surface area contributed by atoms with Crippen LogP contribution < -0.4 is 20.9 Å². The molecule has 0 saturated carbocycles. The molecule has 7 heteroatoms. The normalized spacial score (nSPS) is 10.3. The van der Waals surface area contributed by atoms with E-state index in [-0.39, 0.29) is 5.91 Å². The lowest BCUT2D eigenvalue weighted by atomic mass is 10.2. The first kappa shape index (κ1) is 19.7. The minimum Gasteiger partial charge on any atom is -0.496 e. The third-order valence-electron chi connectivity index (χ3n) is 3.60. The van der Waals surface area contributed by atoms with Crippen molar-refractivity contribution in [3.05, 3.63) is 65.7 Å². The summed E-state index contributed by atoms with van der Waals surface area (Å²) in [6.45, 7) is 1.75. The molecule has 2 aromatic carbocycles. The van der Waals surface area contributed by atoms with Crippen molar-refractivity contribution < 1.29 is 19.1 Å². The van der Waals surface area contributed by atoms with E-state index in [1.165, 1.54) is 6.08 Å². The second kappa shape index (κ2) is 9.76. The number of ether oxygens (including phenoxy) is 1. The molecule has 0 aromatic heterocycles. The number of anilines is 1. The fraction of sp³-hybridized carbons (Fsp3) is 0.150. The molecule has 0 bridgehead atoms. The molecular weight excluding hydrogens is 346 g/mol. The molecule has 3 amide bonds. The first-order valence-corrected chi connectivity index (χ1v) is 8.34. The molecule has 0 aliphatic rings. The average Bonchev–Trinajstić information content (AvgIpc) is 2.71. The summed E-state index contributed by atoms with van der Waals surface area (Å²) in [5, 5.41) is 2.69. The Kier molecular flexibility index (Phi) is 7.13. The zero-order chi connectivity index (χ0) is 19.6. The van der Waals surface area contributed by atoms with Crippen LogP contribution in [0.1, 0.15) is 29.3 Å². The van der Waals surface area contributed by atoms with Crippen LogP contribution in [-0.2, 0) is 9.59 Å². The van der Waals surface area contributed by atoms with Gasteiger partial charge >= 0.3 is 0 Å². The van der Waals surface area contributed by atoms with E-state index >= 15 is 0 Å². The Morgan fingerprint density at radius 2 is 1.70 bits per heavy atom. The van der Waals surface area contributed by atoms with Gasteiger partial charge in [-0.15, -0.1) is 0 Å². The lowest BCUT2D eigenvalue weighted by Gasteiger charge is -2.07. The predicted octanol–water partition coefficient (Wildman–Crippen LogP) is 2.52. The van der Waals surface area contributed by atoms with Gasteiger partial charge in [0.15, 0.2) is 0 Å². The van der Waals surface area contributed by atoms with E-state index in [0.29, 0.717) is 23.4 Å². The third-order valence-corrected chi connectivity index (χ3v) is 3.60. The van der Waals surface area contributed by atoms with Crippen molar-refractivity contribution in [3.8, 4) is 5.75 Å². The zero-order valence-electron chi connectivity index (χ0n) is 15.1. The SMILES string of the molecule is CCC(=O)Nc1ccc(C(=O)NNC(=O)/C=C/c2ccccc2OC)cc1. The van der Waals surface area contributed by atoms with Crippen molar-refractivity contribution in [3.63, 3.8) is 0 Å². The highest BCUT2D eigenvalue weighted by atomic mass is 16.5. The Morgan fingerprint density at radius 3 is 2.37 bits per heavy atom. The highest BCUT2D eigenvalue weighted by Gasteiger charge is 2.07. The molecule has 0 heterocycles. The number of hydrogen-bond donors (Lipinski definition) is 3. The third kappa shape index (κ3) is 6.00. The number of methoxy groups -OCH3 is 1. The van der Waals surface area contributed by atoms with Crippen LogP contribution in [-0.4, -0.2) is 24.8 Å². The summed E-state index contributed by atoms with van der Waals surface area (Å²) in [7, 11) is 1.55. The molecule has 0 unspecified atom stereocenters. The van der Waals surface area contributed by atoms with E-state index in [1.807, 2.05) is 12.1 Å². The molecule has 0 fully saturated rings. The molecule has 0 aliphatic heterocycles. The van der Waals surface area contributed by atoms with Crippen LogP contribution in [0.2, 0.25) is 0 Å². The van der Waals surface area contributed by atoms with E-state index in [2.05, 4.69) is 16.2 Å². The largest absolute Gasteiger partial charge is 0.496 e. The molecule has 0 radical (unpaired) electrons. The van der Waals surface area contributed by atoms with Gasteiger partial charge < -0.3 is 10.1 Å². The summed E-state index contributed by atoms with van der Waals surface area (Å²) in [5.74, 6) is -0.425. The number of amides is 3. The Bertz CT molecular complexity index is 845. The molecule has 27 heavy (non-hydrogen) atoms. The quantitative estimate of drug-likeness (QED) is 0.540. The van der Waals surface area contributed by atoms with Crippen molar-refractivity contribution in [2.24, 2.45) is 0 Å². The molecule has 0 aliphatic carbocycles. The van der Waals surface area contributed by atoms with E-state index in [1.54, 1.807) is 56.5 Å². The van der Waals surface area contributed by atoms with Crippen molar-refractivity contribution in [1.82, 2.24) is 10.9 Å². The topological polar surface area (TPSA) is 96.5 Å². The molecule has 7 nitrogen and oxygen atoms in total. The summed E-state index contributed by atoms with van der Waals surface area (Å²) in [6.07, 6.45) is 3.25. The van der Waals surface area contributed by atoms with Gasteiger partial charge in [-0.2, -0.15) is 0 Å². The van der Waals surface area contributed by atoms with Crippen LogP contribution in [0.4, 0.5) is 5.69 Å². The molecule has 2 aromatic rings. The van der Waals surface area contributed by atoms with Crippen LogP contribution in [0.25, 0.3) is 6.08 Å². The summed E-state index contributed by atoms with van der Waals surface area (Å²) >= 11 is 0. The Hall–Kier alpha value is -3.61. The van der Waals surface area contributed by atoms with Gasteiger partial charge in [0.2, 0.25) is 5.91 Å². The number of hydrazine groups is 1. The molecule has 140 valence electrons. The van der Waals surface area contributed by atoms with Crippen LogP contribution in [0.5, 0.6) is 5.75 Å². The van der Waals surface area contributed by atoms with Crippen LogP contribution in [0.3, 0.4) is 0 Å². The molecule has 0 spiro atoms. The number of benzene rings is 2. The van der Waals surface area contributed by atoms with E-state index in [0.717, 1.165) is 5.56 Å². The Labute approximate surface area is 157 Å². The summed E-state index contributed by atoms with van der Waals surface area (Å²) < 4.78 is 5.20. The number of para-hydroxylation sites is 1. The van der Waals surface area contributed by atoms with Gasteiger partial charge in [-0.05, 0) is 36.4 Å². The van der Waals surface area contributed by atoms with E-state index in [4.69, 9.17) is 4.74 Å². The monoisotopic (exact) mass is 367 g/mol. The van der Waals surface area contributed by atoms with Gasteiger partial charge in [0.05, 0.1) is 7.11 Å². The molecule has 3 N–H and O–H groups in total. The van der Waals surface area contributed by atoms with Crippen molar-refractivity contribution in [2.45, 2.75) is 13.3 Å². The lowest BCUT2D eigenvalue weighted by molar-refractivity contribution is -0.117. The van der Waals surface area contributed by atoms with Crippen molar-refractivity contribution in [2.75, 3.05) is 12.4 Å². The van der Waals surface area contributed by atoms with Crippen LogP contribution in [0.15, 0.2) is 54.6 Å². The number of hydrogen-bond acceptors (Lipinski definition) is 4. The molecule has 0 atom stereocenters.